The maximum Gasteiger partial charge on any atom is 0.305 e. The Labute approximate surface area is 150 Å². The summed E-state index contributed by atoms with van der Waals surface area (Å²) in [5, 5.41) is 0. The Morgan fingerprint density at radius 2 is 1.96 bits per heavy atom. The maximum absolute atomic E-state index is 13.1. The second-order valence-electron chi connectivity index (χ2n) is 6.43. The topological polar surface area (TPSA) is 83.8 Å². The van der Waals surface area contributed by atoms with Crippen molar-refractivity contribution in [2.24, 2.45) is 0 Å². The predicted molar refractivity (Wildman–Crippen MR) is 93.7 cm³/mol. The Morgan fingerprint density at radius 3 is 2.62 bits per heavy atom. The molecular formula is C19H21NO6. The predicted octanol–water partition coefficient (Wildman–Crippen LogP) is 2.15. The Morgan fingerprint density at radius 1 is 1.23 bits per heavy atom. The van der Waals surface area contributed by atoms with Crippen LogP contribution in [0.25, 0.3) is 11.1 Å². The van der Waals surface area contributed by atoms with Gasteiger partial charge in [-0.1, -0.05) is 0 Å². The second-order valence-corrected chi connectivity index (χ2v) is 6.43. The van der Waals surface area contributed by atoms with Crippen LogP contribution in [0.2, 0.25) is 0 Å². The molecule has 0 radical (unpaired) electrons. The van der Waals surface area contributed by atoms with E-state index in [-0.39, 0.29) is 23.6 Å². The summed E-state index contributed by atoms with van der Waals surface area (Å²) in [5.74, 6) is -1.80. The van der Waals surface area contributed by atoms with E-state index in [2.05, 4.69) is 4.74 Å². The van der Waals surface area contributed by atoms with Crippen LogP contribution < -0.4 is 10.2 Å². The highest BCUT2D eigenvalue weighted by Crippen LogP contribution is 2.42. The molecule has 7 heteroatoms. The molecule has 0 bridgehead atoms. The van der Waals surface area contributed by atoms with Gasteiger partial charge in [-0.15, -0.1) is 0 Å². The molecule has 0 N–H and O–H groups in total. The highest BCUT2D eigenvalue weighted by Gasteiger charge is 2.45. The lowest BCUT2D eigenvalue weighted by Gasteiger charge is -2.36. The third-order valence-electron chi connectivity index (χ3n) is 4.72. The zero-order chi connectivity index (χ0) is 19.1. The summed E-state index contributed by atoms with van der Waals surface area (Å²) < 4.78 is 17.6. The number of ether oxygens (including phenoxy) is 3. The Hall–Kier alpha value is -2.67. The van der Waals surface area contributed by atoms with Gasteiger partial charge in [-0.25, -0.2) is 0 Å². The van der Waals surface area contributed by atoms with Crippen molar-refractivity contribution in [3.63, 3.8) is 0 Å². The number of methoxy groups -OCH3 is 2. The number of hydrogen-bond donors (Lipinski definition) is 0. The molecule has 2 heterocycles. The molecule has 0 fully saturated rings. The molecule has 7 nitrogen and oxygen atoms in total. The lowest BCUT2D eigenvalue weighted by Crippen LogP contribution is -2.48. The first kappa shape index (κ1) is 18.1. The summed E-state index contributed by atoms with van der Waals surface area (Å²) in [6.45, 7) is 3.84. The zero-order valence-corrected chi connectivity index (χ0v) is 15.3. The fraction of sp³-hybridized carbons (Fsp3) is 0.421. The summed E-state index contributed by atoms with van der Waals surface area (Å²) in [4.78, 5) is 36.5. The average molecular weight is 359 g/mol. The van der Waals surface area contributed by atoms with Crippen molar-refractivity contribution in [3.8, 4) is 16.9 Å². The number of Topliss-reactive ketones (excluding diaryl/α,β-unsaturated/α-hetero) is 1. The van der Waals surface area contributed by atoms with Crippen molar-refractivity contribution in [2.75, 3.05) is 14.2 Å². The largest absolute Gasteiger partial charge is 0.469 e. The summed E-state index contributed by atoms with van der Waals surface area (Å²) >= 11 is 0. The van der Waals surface area contributed by atoms with E-state index in [0.29, 0.717) is 35.5 Å². The number of benzene rings is 1. The third kappa shape index (κ3) is 2.88. The van der Waals surface area contributed by atoms with Gasteiger partial charge >= 0.3 is 5.97 Å². The monoisotopic (exact) mass is 359 g/mol. The molecule has 1 aliphatic carbocycles. The number of aryl methyl sites for hydroxylation is 1. The number of hydrogen-bond acceptors (Lipinski definition) is 6. The fourth-order valence-corrected chi connectivity index (χ4v) is 3.29. The number of aromatic nitrogens is 1. The van der Waals surface area contributed by atoms with Gasteiger partial charge in [0.15, 0.2) is 5.43 Å². The molecule has 0 unspecified atom stereocenters. The van der Waals surface area contributed by atoms with Crippen LogP contribution in [-0.4, -0.2) is 36.3 Å². The molecule has 0 aromatic heterocycles. The van der Waals surface area contributed by atoms with Gasteiger partial charge in [0.1, 0.15) is 11.4 Å². The van der Waals surface area contributed by atoms with Gasteiger partial charge in [-0.2, -0.15) is 0 Å². The fourth-order valence-electron chi connectivity index (χ4n) is 3.29. The second kappa shape index (κ2) is 6.57. The molecule has 0 aromatic carbocycles. The van der Waals surface area contributed by atoms with Crippen LogP contribution in [0, 0.1) is 6.92 Å². The number of pyridine rings is 1. The molecule has 0 saturated heterocycles. The number of esters is 1. The summed E-state index contributed by atoms with van der Waals surface area (Å²) in [7, 11) is 2.73. The molecule has 0 spiro atoms. The van der Waals surface area contributed by atoms with E-state index in [1.54, 1.807) is 0 Å². The van der Waals surface area contributed by atoms with E-state index < -0.39 is 5.79 Å². The molecule has 0 amide bonds. The molecule has 0 aromatic rings. The molecule has 0 saturated carbocycles. The number of carbonyl (C=O) groups is 2. The van der Waals surface area contributed by atoms with Gasteiger partial charge in [-0.05, 0) is 31.0 Å². The van der Waals surface area contributed by atoms with E-state index in [9.17, 15) is 14.4 Å². The molecule has 3 rings (SSSR count). The van der Waals surface area contributed by atoms with E-state index in [1.165, 1.54) is 33.3 Å². The van der Waals surface area contributed by atoms with Gasteiger partial charge in [0, 0.05) is 38.8 Å². The first-order valence-corrected chi connectivity index (χ1v) is 8.34. The Kier molecular flexibility index (Phi) is 4.58. The van der Waals surface area contributed by atoms with E-state index >= 15 is 0 Å². The van der Waals surface area contributed by atoms with E-state index in [1.807, 2.05) is 17.6 Å². The van der Waals surface area contributed by atoms with Crippen LogP contribution in [0.1, 0.15) is 35.9 Å². The van der Waals surface area contributed by atoms with Crippen molar-refractivity contribution in [1.82, 2.24) is 4.57 Å². The van der Waals surface area contributed by atoms with Crippen molar-refractivity contribution in [2.45, 2.75) is 39.0 Å². The van der Waals surface area contributed by atoms with Crippen LogP contribution in [0.4, 0.5) is 0 Å². The molecule has 138 valence electrons. The summed E-state index contributed by atoms with van der Waals surface area (Å²) in [6.07, 6.45) is 0.766. The summed E-state index contributed by atoms with van der Waals surface area (Å²) in [6, 6.07) is 4.69. The van der Waals surface area contributed by atoms with Gasteiger partial charge in [-0.3, -0.25) is 14.4 Å². The quantitative estimate of drug-likeness (QED) is 0.761. The zero-order valence-electron chi connectivity index (χ0n) is 15.3. The smallest absolute Gasteiger partial charge is 0.305 e. The normalized spacial score (nSPS) is 18.7. The standard InChI is InChI=1S/C19H21NO6/c1-11-8-12-9-13(21)10-14-16(12)17(18(23)19(2,25-4)26-14)20(11)7-5-6-15(22)24-3/h8-10H,5-7H2,1-4H3/t19-/m0/s1. The average Bonchev–Trinajstić information content (AvgIpc) is 2.60. The third-order valence-corrected chi connectivity index (χ3v) is 4.72. The maximum atomic E-state index is 13.1. The molecule has 3 aliphatic rings. The number of nitrogens with zero attached hydrogens (tertiary/aromatic N) is 1. The minimum Gasteiger partial charge on any atom is -0.469 e. The van der Waals surface area contributed by atoms with E-state index in [4.69, 9.17) is 9.47 Å². The molecule has 1 atom stereocenters. The SMILES string of the molecule is COC(=O)CCCn1c(C)cc2cc(=O)cc3c-2c1C(=O)[C@@](C)(OC)O3. The highest BCUT2D eigenvalue weighted by molar-refractivity contribution is 6.08. The van der Waals surface area contributed by atoms with E-state index in [0.717, 1.165) is 5.69 Å². The molecule has 26 heavy (non-hydrogen) atoms. The van der Waals surface area contributed by atoms with Crippen LogP contribution in [0.5, 0.6) is 5.75 Å². The van der Waals surface area contributed by atoms with Gasteiger partial charge in [0.25, 0.3) is 11.6 Å². The van der Waals surface area contributed by atoms with Crippen LogP contribution >= 0.6 is 0 Å². The Balaban J connectivity index is 2.17. The number of ketones is 1. The molecule has 2 aliphatic heterocycles. The molecular weight excluding hydrogens is 338 g/mol. The van der Waals surface area contributed by atoms with Crippen molar-refractivity contribution < 1.29 is 23.8 Å². The van der Waals surface area contributed by atoms with Crippen LogP contribution in [0.15, 0.2) is 23.0 Å². The minimum absolute atomic E-state index is 0.200. The lowest BCUT2D eigenvalue weighted by molar-refractivity contribution is -0.140. The van der Waals surface area contributed by atoms with Gasteiger partial charge < -0.3 is 18.8 Å². The minimum atomic E-state index is -1.51. The number of rotatable bonds is 5. The van der Waals surface area contributed by atoms with Crippen LogP contribution in [0.3, 0.4) is 0 Å². The van der Waals surface area contributed by atoms with Crippen molar-refractivity contribution >= 4 is 11.8 Å². The summed E-state index contributed by atoms with van der Waals surface area (Å²) in [5.41, 5.74) is 2.27. The van der Waals surface area contributed by atoms with Gasteiger partial charge in [0.05, 0.1) is 12.7 Å². The first-order valence-electron chi connectivity index (χ1n) is 8.34. The highest BCUT2D eigenvalue weighted by atomic mass is 16.7. The van der Waals surface area contributed by atoms with Gasteiger partial charge in [0.2, 0.25) is 0 Å². The lowest BCUT2D eigenvalue weighted by atomic mass is 9.92. The van der Waals surface area contributed by atoms with Crippen molar-refractivity contribution in [1.29, 1.82) is 0 Å². The Bertz CT molecular complexity index is 915. The van der Waals surface area contributed by atoms with Crippen molar-refractivity contribution in [3.05, 3.63) is 39.8 Å². The van der Waals surface area contributed by atoms with Crippen LogP contribution in [-0.2, 0) is 20.8 Å². The first-order chi connectivity index (χ1) is 12.3. The number of carbonyl (C=O) groups excluding carboxylic acids is 2.